The van der Waals surface area contributed by atoms with Crippen molar-refractivity contribution < 1.29 is 4.79 Å². The summed E-state index contributed by atoms with van der Waals surface area (Å²) in [7, 11) is 0. The zero-order valence-corrected chi connectivity index (χ0v) is 14.2. The molecule has 0 aromatic heterocycles. The molecule has 1 aromatic rings. The van der Waals surface area contributed by atoms with Crippen LogP contribution in [-0.4, -0.2) is 54.2 Å². The topological polar surface area (TPSA) is 23.6 Å². The SMILES string of the molecule is C#CCN1CCN(C(=O)CSc2ccc(C(C)C)cc2)CC1. The van der Waals surface area contributed by atoms with Crippen LogP contribution in [0, 0.1) is 12.3 Å². The monoisotopic (exact) mass is 316 g/mol. The molecule has 0 spiro atoms. The number of carbonyl (C=O) groups is 1. The van der Waals surface area contributed by atoms with Crippen LogP contribution in [0.25, 0.3) is 0 Å². The molecule has 0 radical (unpaired) electrons. The smallest absolute Gasteiger partial charge is 0.233 e. The van der Waals surface area contributed by atoms with Crippen molar-refractivity contribution >= 4 is 17.7 Å². The Morgan fingerprint density at radius 3 is 2.41 bits per heavy atom. The summed E-state index contributed by atoms with van der Waals surface area (Å²) in [5.41, 5.74) is 1.33. The van der Waals surface area contributed by atoms with E-state index in [0.717, 1.165) is 31.1 Å². The molecule has 0 N–H and O–H groups in total. The molecule has 1 saturated heterocycles. The summed E-state index contributed by atoms with van der Waals surface area (Å²) < 4.78 is 0. The van der Waals surface area contributed by atoms with Crippen LogP contribution in [0.15, 0.2) is 29.2 Å². The van der Waals surface area contributed by atoms with E-state index in [1.165, 1.54) is 5.56 Å². The second-order valence-electron chi connectivity index (χ2n) is 5.87. The molecule has 3 nitrogen and oxygen atoms in total. The highest BCUT2D eigenvalue weighted by molar-refractivity contribution is 8.00. The van der Waals surface area contributed by atoms with Crippen molar-refractivity contribution in [1.82, 2.24) is 9.80 Å². The molecule has 1 fully saturated rings. The fourth-order valence-corrected chi connectivity index (χ4v) is 3.27. The van der Waals surface area contributed by atoms with Gasteiger partial charge in [0.15, 0.2) is 0 Å². The molecule has 118 valence electrons. The van der Waals surface area contributed by atoms with Crippen molar-refractivity contribution in [3.63, 3.8) is 0 Å². The van der Waals surface area contributed by atoms with Gasteiger partial charge in [0.1, 0.15) is 0 Å². The number of terminal acetylenes is 1. The molecule has 0 atom stereocenters. The number of thioether (sulfide) groups is 1. The number of carbonyl (C=O) groups excluding carboxylic acids is 1. The molecule has 22 heavy (non-hydrogen) atoms. The zero-order valence-electron chi connectivity index (χ0n) is 13.4. The highest BCUT2D eigenvalue weighted by atomic mass is 32.2. The molecule has 1 aromatic carbocycles. The van der Waals surface area contributed by atoms with Crippen molar-refractivity contribution in [3.05, 3.63) is 29.8 Å². The summed E-state index contributed by atoms with van der Waals surface area (Å²) in [6.45, 7) is 8.38. The number of rotatable bonds is 5. The van der Waals surface area contributed by atoms with Gasteiger partial charge in [-0.2, -0.15) is 0 Å². The maximum Gasteiger partial charge on any atom is 0.233 e. The van der Waals surface area contributed by atoms with Crippen LogP contribution in [0.4, 0.5) is 0 Å². The number of hydrogen-bond donors (Lipinski definition) is 0. The lowest BCUT2D eigenvalue weighted by Gasteiger charge is -2.33. The van der Waals surface area contributed by atoms with Crippen LogP contribution < -0.4 is 0 Å². The highest BCUT2D eigenvalue weighted by Gasteiger charge is 2.20. The van der Waals surface area contributed by atoms with Gasteiger partial charge < -0.3 is 4.90 Å². The van der Waals surface area contributed by atoms with E-state index < -0.39 is 0 Å². The van der Waals surface area contributed by atoms with Crippen LogP contribution in [0.5, 0.6) is 0 Å². The summed E-state index contributed by atoms with van der Waals surface area (Å²) in [4.78, 5) is 17.6. The van der Waals surface area contributed by atoms with E-state index in [2.05, 4.69) is 48.9 Å². The van der Waals surface area contributed by atoms with E-state index in [-0.39, 0.29) is 5.91 Å². The summed E-state index contributed by atoms with van der Waals surface area (Å²) in [5.74, 6) is 3.93. The average molecular weight is 316 g/mol. The Bertz CT molecular complexity index is 525. The summed E-state index contributed by atoms with van der Waals surface area (Å²) in [5, 5.41) is 0. The first kappa shape index (κ1) is 16.9. The Balaban J connectivity index is 1.77. The maximum atomic E-state index is 12.3. The molecule has 2 rings (SSSR count). The third kappa shape index (κ3) is 4.79. The standard InChI is InChI=1S/C18H24N2OS/c1-4-9-19-10-12-20(13-11-19)18(21)14-22-17-7-5-16(6-8-17)15(2)3/h1,5-8,15H,9-14H2,2-3H3. The van der Waals surface area contributed by atoms with Gasteiger partial charge in [-0.05, 0) is 23.6 Å². The Hall–Kier alpha value is -1.44. The van der Waals surface area contributed by atoms with Gasteiger partial charge in [-0.25, -0.2) is 0 Å². The zero-order chi connectivity index (χ0) is 15.9. The number of amides is 1. The maximum absolute atomic E-state index is 12.3. The van der Waals surface area contributed by atoms with Crippen LogP contribution in [0.2, 0.25) is 0 Å². The van der Waals surface area contributed by atoms with Crippen LogP contribution in [0.3, 0.4) is 0 Å². The molecule has 0 saturated carbocycles. The van der Waals surface area contributed by atoms with Crippen molar-refractivity contribution in [2.75, 3.05) is 38.5 Å². The number of hydrogen-bond acceptors (Lipinski definition) is 3. The summed E-state index contributed by atoms with van der Waals surface area (Å²) >= 11 is 1.62. The predicted molar refractivity (Wildman–Crippen MR) is 93.1 cm³/mol. The molecular formula is C18H24N2OS. The largest absolute Gasteiger partial charge is 0.339 e. The minimum Gasteiger partial charge on any atom is -0.339 e. The molecule has 0 bridgehead atoms. The van der Waals surface area contributed by atoms with Gasteiger partial charge in [0.05, 0.1) is 12.3 Å². The van der Waals surface area contributed by atoms with Gasteiger partial charge in [0.25, 0.3) is 0 Å². The van der Waals surface area contributed by atoms with Gasteiger partial charge >= 0.3 is 0 Å². The lowest BCUT2D eigenvalue weighted by Crippen LogP contribution is -2.49. The summed E-state index contributed by atoms with van der Waals surface area (Å²) in [6, 6.07) is 8.52. The van der Waals surface area contributed by atoms with E-state index >= 15 is 0 Å². The molecule has 0 aliphatic carbocycles. The molecule has 1 aliphatic heterocycles. The van der Waals surface area contributed by atoms with Gasteiger partial charge in [-0.3, -0.25) is 9.69 Å². The molecule has 4 heteroatoms. The van der Waals surface area contributed by atoms with Crippen molar-refractivity contribution in [2.45, 2.75) is 24.7 Å². The van der Waals surface area contributed by atoms with Crippen LogP contribution >= 0.6 is 11.8 Å². The first-order valence-corrected chi connectivity index (χ1v) is 8.75. The minimum atomic E-state index is 0.221. The Kier molecular flexibility index (Phi) is 6.35. The van der Waals surface area contributed by atoms with E-state index in [4.69, 9.17) is 6.42 Å². The fourth-order valence-electron chi connectivity index (χ4n) is 2.47. The molecular weight excluding hydrogens is 292 g/mol. The third-order valence-corrected chi connectivity index (χ3v) is 4.95. The second-order valence-corrected chi connectivity index (χ2v) is 6.92. The third-order valence-electron chi connectivity index (χ3n) is 3.95. The van der Waals surface area contributed by atoms with E-state index in [9.17, 15) is 4.79 Å². The normalized spacial score (nSPS) is 15.8. The quantitative estimate of drug-likeness (QED) is 0.616. The minimum absolute atomic E-state index is 0.221. The predicted octanol–water partition coefficient (Wildman–Crippen LogP) is 2.68. The molecule has 0 unspecified atom stereocenters. The van der Waals surface area contributed by atoms with Gasteiger partial charge in [0.2, 0.25) is 5.91 Å². The number of benzene rings is 1. The van der Waals surface area contributed by atoms with E-state index in [0.29, 0.717) is 18.2 Å². The van der Waals surface area contributed by atoms with Crippen molar-refractivity contribution in [2.24, 2.45) is 0 Å². The van der Waals surface area contributed by atoms with Crippen LogP contribution in [-0.2, 0) is 4.79 Å². The van der Waals surface area contributed by atoms with Gasteiger partial charge in [-0.15, -0.1) is 18.2 Å². The Labute approximate surface area is 138 Å². The number of nitrogens with zero attached hydrogens (tertiary/aromatic N) is 2. The van der Waals surface area contributed by atoms with Gasteiger partial charge in [-0.1, -0.05) is 31.9 Å². The highest BCUT2D eigenvalue weighted by Crippen LogP contribution is 2.22. The van der Waals surface area contributed by atoms with Crippen molar-refractivity contribution in [3.8, 4) is 12.3 Å². The average Bonchev–Trinajstić information content (AvgIpc) is 2.54. The van der Waals surface area contributed by atoms with E-state index in [1.807, 2.05) is 4.90 Å². The van der Waals surface area contributed by atoms with E-state index in [1.54, 1.807) is 11.8 Å². The van der Waals surface area contributed by atoms with Gasteiger partial charge in [0, 0.05) is 31.1 Å². The first-order valence-electron chi connectivity index (χ1n) is 7.76. The fraction of sp³-hybridized carbons (Fsp3) is 0.500. The lowest BCUT2D eigenvalue weighted by molar-refractivity contribution is -0.129. The molecule has 1 heterocycles. The summed E-state index contributed by atoms with van der Waals surface area (Å²) in [6.07, 6.45) is 5.32. The Morgan fingerprint density at radius 2 is 1.86 bits per heavy atom. The first-order chi connectivity index (χ1) is 10.6. The second kappa shape index (κ2) is 8.26. The lowest BCUT2D eigenvalue weighted by atomic mass is 10.0. The molecule has 1 aliphatic rings. The Morgan fingerprint density at radius 1 is 1.23 bits per heavy atom. The van der Waals surface area contributed by atoms with Crippen molar-refractivity contribution in [1.29, 1.82) is 0 Å². The van der Waals surface area contributed by atoms with Crippen LogP contribution in [0.1, 0.15) is 25.3 Å². The molecule has 1 amide bonds. The number of piperazine rings is 1.